The third-order valence-corrected chi connectivity index (χ3v) is 9.43. The number of amides is 2. The van der Waals surface area contributed by atoms with Crippen molar-refractivity contribution in [1.82, 2.24) is 15.7 Å². The predicted octanol–water partition coefficient (Wildman–Crippen LogP) is -1.29. The number of benzene rings is 1. The van der Waals surface area contributed by atoms with Crippen LogP contribution in [0.25, 0.3) is 6.08 Å². The smallest absolute Gasteiger partial charge is 0.348 e. The Bertz CT molecular complexity index is 1480. The lowest BCUT2D eigenvalue weighted by Gasteiger charge is -2.49. The Morgan fingerprint density at radius 1 is 1.12 bits per heavy atom. The van der Waals surface area contributed by atoms with Gasteiger partial charge in [-0.1, -0.05) is 38.1 Å². The van der Waals surface area contributed by atoms with Crippen LogP contribution in [-0.4, -0.2) is 120 Å². The van der Waals surface area contributed by atoms with Crippen LogP contribution in [0.15, 0.2) is 30.3 Å². The average Bonchev–Trinajstić information content (AvgIpc) is 3.74. The number of cyclic esters (lactones) is 1. The van der Waals surface area contributed by atoms with Crippen molar-refractivity contribution < 1.29 is 62.7 Å². The topological polar surface area (TPSA) is 208 Å². The molecule has 0 radical (unpaired) electrons. The van der Waals surface area contributed by atoms with Crippen LogP contribution >= 0.6 is 0 Å². The minimum atomic E-state index is -1.55. The summed E-state index contributed by atoms with van der Waals surface area (Å²) in [5, 5.41) is 25.9. The van der Waals surface area contributed by atoms with Crippen molar-refractivity contribution in [3.63, 3.8) is 0 Å². The minimum Gasteiger partial charge on any atom is -0.462 e. The number of nitrogens with one attached hydrogen (secondary N) is 2. The number of carbonyl (C=O) groups excluding carboxylic acids is 5. The van der Waals surface area contributed by atoms with Crippen LogP contribution < -0.4 is 10.6 Å². The Hall–Kier alpha value is -3.93. The predicted molar refractivity (Wildman–Crippen MR) is 160 cm³/mol. The number of rotatable bonds is 11. The van der Waals surface area contributed by atoms with Crippen molar-refractivity contribution in [2.75, 3.05) is 26.6 Å². The maximum atomic E-state index is 14.2. The zero-order valence-electron chi connectivity index (χ0n) is 26.7. The van der Waals surface area contributed by atoms with Crippen molar-refractivity contribution in [2.45, 2.75) is 82.4 Å². The van der Waals surface area contributed by atoms with Gasteiger partial charge in [0.15, 0.2) is 6.04 Å². The third-order valence-electron chi connectivity index (χ3n) is 9.43. The lowest BCUT2D eigenvalue weighted by molar-refractivity contribution is -0.201. The molecule has 4 saturated heterocycles. The summed E-state index contributed by atoms with van der Waals surface area (Å²) in [6.45, 7) is 4.60. The monoisotopic (exact) mass is 673 g/mol. The van der Waals surface area contributed by atoms with E-state index in [1.165, 1.54) is 24.1 Å². The van der Waals surface area contributed by atoms with Gasteiger partial charge >= 0.3 is 17.9 Å². The van der Waals surface area contributed by atoms with Gasteiger partial charge in [-0.25, -0.2) is 9.59 Å². The molecule has 4 heterocycles. The molecular formula is C32H39N3O13. The molecule has 4 aliphatic heterocycles. The molecule has 2 bridgehead atoms. The number of hydroxylamine groups is 2. The molecule has 4 N–H and O–H groups in total. The van der Waals surface area contributed by atoms with Gasteiger partial charge in [0.05, 0.1) is 19.3 Å². The molecule has 48 heavy (non-hydrogen) atoms. The van der Waals surface area contributed by atoms with Gasteiger partial charge in [-0.05, 0) is 24.1 Å². The van der Waals surface area contributed by atoms with Crippen LogP contribution in [0.4, 0.5) is 0 Å². The lowest BCUT2D eigenvalue weighted by atomic mass is 9.62. The number of aliphatic hydroxyl groups is 2. The fraction of sp³-hybridized carbons (Fsp3) is 0.594. The van der Waals surface area contributed by atoms with Gasteiger partial charge in [0, 0.05) is 24.5 Å². The Labute approximate surface area is 275 Å². The number of aliphatic hydroxyl groups excluding tert-OH is 2. The quantitative estimate of drug-likeness (QED) is 0.123. The summed E-state index contributed by atoms with van der Waals surface area (Å²) in [6.07, 6.45) is -2.72. The van der Waals surface area contributed by atoms with Crippen LogP contribution in [-0.2, 0) is 59.0 Å². The Kier molecular flexibility index (Phi) is 9.32. The first-order valence-electron chi connectivity index (χ1n) is 15.7. The summed E-state index contributed by atoms with van der Waals surface area (Å²) < 4.78 is 27.6. The second-order valence-corrected chi connectivity index (χ2v) is 13.3. The standard InChI is InChI=1S/C32H39N3O13/c1-16(37)21(27(39)33-10-11-36)34-30(42)32-12-19-22-23(45-15-44-22)25(32)48-35(24(32)28(40)46-19)13-18-6-4-17(5-7-18)8-9-20(38)47-26-29(41)43-14-31(26,2)3/h4-9,16,19,21-26,36-37H,10-15H2,1-3H3,(H,33,39)(H,34,42)/t16-,19+,21+,22-,23-,24-,25+,26-,32-/m0/s1. The third kappa shape index (κ3) is 6.08. The van der Waals surface area contributed by atoms with Crippen molar-refractivity contribution in [3.8, 4) is 0 Å². The maximum absolute atomic E-state index is 14.2. The Morgan fingerprint density at radius 3 is 2.52 bits per heavy atom. The highest BCUT2D eigenvalue weighted by atomic mass is 16.8. The zero-order chi connectivity index (χ0) is 34.4. The van der Waals surface area contributed by atoms with E-state index in [1.807, 2.05) is 0 Å². The lowest BCUT2D eigenvalue weighted by Crippen LogP contribution is -2.71. The highest BCUT2D eigenvalue weighted by molar-refractivity contribution is 5.96. The van der Waals surface area contributed by atoms with Crippen LogP contribution in [0.1, 0.15) is 38.3 Å². The van der Waals surface area contributed by atoms with E-state index in [-0.39, 0.29) is 39.5 Å². The number of carbonyl (C=O) groups is 5. The molecule has 2 amide bonds. The van der Waals surface area contributed by atoms with E-state index >= 15 is 0 Å². The molecule has 9 atom stereocenters. The Balaban J connectivity index is 1.20. The molecule has 1 aromatic rings. The number of esters is 3. The minimum absolute atomic E-state index is 0.0291. The molecule has 5 aliphatic rings. The molecule has 0 unspecified atom stereocenters. The maximum Gasteiger partial charge on any atom is 0.348 e. The summed E-state index contributed by atoms with van der Waals surface area (Å²) in [4.78, 5) is 71.2. The summed E-state index contributed by atoms with van der Waals surface area (Å²) in [5.74, 6) is -3.38. The summed E-state index contributed by atoms with van der Waals surface area (Å²) in [5.41, 5.74) is -0.838. The van der Waals surface area contributed by atoms with Gasteiger partial charge in [0.2, 0.25) is 17.9 Å². The van der Waals surface area contributed by atoms with Crippen LogP contribution in [0.5, 0.6) is 0 Å². The largest absolute Gasteiger partial charge is 0.462 e. The molecule has 1 saturated carbocycles. The molecule has 1 aliphatic carbocycles. The van der Waals surface area contributed by atoms with Crippen molar-refractivity contribution in [1.29, 1.82) is 0 Å². The fourth-order valence-electron chi connectivity index (χ4n) is 6.97. The van der Waals surface area contributed by atoms with Crippen molar-refractivity contribution in [2.24, 2.45) is 10.8 Å². The van der Waals surface area contributed by atoms with E-state index in [4.69, 9.17) is 33.6 Å². The second kappa shape index (κ2) is 13.2. The van der Waals surface area contributed by atoms with Gasteiger partial charge in [0.1, 0.15) is 49.3 Å². The molecule has 260 valence electrons. The number of nitrogens with zero attached hydrogens (tertiary/aromatic N) is 1. The van der Waals surface area contributed by atoms with Gasteiger partial charge in [0.25, 0.3) is 0 Å². The normalized spacial score (nSPS) is 33.0. The van der Waals surface area contributed by atoms with E-state index in [1.54, 1.807) is 38.1 Å². The van der Waals surface area contributed by atoms with Crippen molar-refractivity contribution >= 4 is 35.8 Å². The molecule has 16 nitrogen and oxygen atoms in total. The SMILES string of the molecule is C[C@H](O)[C@@H](NC(=O)[C@@]12C[C@H]3OC(=O)[C@@H]1N(Cc1ccc(C=CC(=O)O[C@H]4C(=O)OCC4(C)C)cc1)O[C@@H]2[C@H]1OCO[C@H]13)C(=O)NCCO. The Morgan fingerprint density at radius 2 is 1.85 bits per heavy atom. The van der Waals surface area contributed by atoms with Gasteiger partial charge in [-0.15, -0.1) is 0 Å². The molecule has 5 fully saturated rings. The molecular weight excluding hydrogens is 634 g/mol. The van der Waals surface area contributed by atoms with Crippen LogP contribution in [0, 0.1) is 10.8 Å². The number of hydrogen-bond donors (Lipinski definition) is 4. The second-order valence-electron chi connectivity index (χ2n) is 13.3. The van der Waals surface area contributed by atoms with Crippen molar-refractivity contribution in [3.05, 3.63) is 41.5 Å². The van der Waals surface area contributed by atoms with Gasteiger partial charge in [-0.2, -0.15) is 5.06 Å². The molecule has 0 spiro atoms. The molecule has 16 heteroatoms. The highest BCUT2D eigenvalue weighted by Gasteiger charge is 2.74. The highest BCUT2D eigenvalue weighted by Crippen LogP contribution is 2.55. The summed E-state index contributed by atoms with van der Waals surface area (Å²) in [6, 6.07) is 4.37. The van der Waals surface area contributed by atoms with E-state index < -0.39 is 89.3 Å². The first-order chi connectivity index (χ1) is 22.9. The molecule has 0 aromatic heterocycles. The first-order valence-corrected chi connectivity index (χ1v) is 15.7. The number of fused-ring (bicyclic) bond motifs is 4. The van der Waals surface area contributed by atoms with E-state index in [9.17, 15) is 29.1 Å². The average molecular weight is 674 g/mol. The van der Waals surface area contributed by atoms with Gasteiger partial charge in [-0.3, -0.25) is 19.2 Å². The van der Waals surface area contributed by atoms with E-state index in [0.717, 1.165) is 0 Å². The van der Waals surface area contributed by atoms with E-state index in [2.05, 4.69) is 10.6 Å². The molecule has 6 rings (SSSR count). The number of ether oxygens (including phenoxy) is 5. The fourth-order valence-corrected chi connectivity index (χ4v) is 6.97. The van der Waals surface area contributed by atoms with Gasteiger partial charge < -0.3 is 44.5 Å². The first kappa shape index (κ1) is 34.0. The van der Waals surface area contributed by atoms with E-state index in [0.29, 0.717) is 11.1 Å². The van der Waals surface area contributed by atoms with Crippen LogP contribution in [0.3, 0.4) is 0 Å². The number of hydrogen-bond acceptors (Lipinski definition) is 14. The summed E-state index contributed by atoms with van der Waals surface area (Å²) in [7, 11) is 0. The van der Waals surface area contributed by atoms with Crippen LogP contribution in [0.2, 0.25) is 0 Å². The summed E-state index contributed by atoms with van der Waals surface area (Å²) >= 11 is 0. The molecule has 1 aromatic carbocycles. The zero-order valence-corrected chi connectivity index (χ0v) is 26.7.